The van der Waals surface area contributed by atoms with Crippen LogP contribution in [0.5, 0.6) is 0 Å². The number of aliphatic hydroxyl groups is 1. The Hall–Kier alpha value is -1.40. The fourth-order valence-corrected chi connectivity index (χ4v) is 2.35. The van der Waals surface area contributed by atoms with Crippen molar-refractivity contribution in [2.24, 2.45) is 5.84 Å². The molecule has 18 heavy (non-hydrogen) atoms. The summed E-state index contributed by atoms with van der Waals surface area (Å²) in [6, 6.07) is 1.72. The number of aromatic nitrogens is 2. The first-order valence-electron chi connectivity index (χ1n) is 6.47. The maximum Gasteiger partial charge on any atom is 0.145 e. The lowest BCUT2D eigenvalue weighted by atomic mass is 9.94. The highest BCUT2D eigenvalue weighted by Gasteiger charge is 2.27. The van der Waals surface area contributed by atoms with Gasteiger partial charge in [0.05, 0.1) is 5.60 Å². The van der Waals surface area contributed by atoms with Crippen molar-refractivity contribution >= 4 is 11.6 Å². The molecule has 1 aliphatic carbocycles. The van der Waals surface area contributed by atoms with Crippen LogP contribution < -0.4 is 16.6 Å². The number of hydrazine groups is 1. The monoisotopic (exact) mass is 251 g/mol. The second kappa shape index (κ2) is 5.97. The smallest absolute Gasteiger partial charge is 0.145 e. The maximum atomic E-state index is 10.5. The summed E-state index contributed by atoms with van der Waals surface area (Å²) in [6.07, 6.45) is 7.78. The number of anilines is 2. The van der Waals surface area contributed by atoms with Crippen molar-refractivity contribution < 1.29 is 5.11 Å². The molecule has 100 valence electrons. The van der Waals surface area contributed by atoms with Crippen molar-refractivity contribution in [2.75, 3.05) is 17.3 Å². The van der Waals surface area contributed by atoms with Crippen LogP contribution in [0.15, 0.2) is 12.4 Å². The summed E-state index contributed by atoms with van der Waals surface area (Å²) in [7, 11) is 0. The van der Waals surface area contributed by atoms with E-state index in [0.717, 1.165) is 25.7 Å². The Balaban J connectivity index is 1.92. The van der Waals surface area contributed by atoms with E-state index < -0.39 is 5.60 Å². The topological polar surface area (TPSA) is 96.1 Å². The van der Waals surface area contributed by atoms with E-state index in [2.05, 4.69) is 20.7 Å². The minimum atomic E-state index is -0.613. The van der Waals surface area contributed by atoms with Crippen molar-refractivity contribution in [3.8, 4) is 0 Å². The number of hydrogen-bond acceptors (Lipinski definition) is 6. The molecule has 0 saturated heterocycles. The van der Waals surface area contributed by atoms with Gasteiger partial charge in [0, 0.05) is 12.6 Å². The van der Waals surface area contributed by atoms with Crippen LogP contribution in [0.2, 0.25) is 0 Å². The highest BCUT2D eigenvalue weighted by Crippen LogP contribution is 2.27. The predicted molar refractivity (Wildman–Crippen MR) is 71.0 cm³/mol. The van der Waals surface area contributed by atoms with Crippen LogP contribution in [0.25, 0.3) is 0 Å². The molecular formula is C12H21N5O. The molecule has 0 radical (unpaired) electrons. The summed E-state index contributed by atoms with van der Waals surface area (Å²) >= 11 is 0. The van der Waals surface area contributed by atoms with Crippen molar-refractivity contribution in [1.82, 2.24) is 9.97 Å². The molecule has 6 nitrogen and oxygen atoms in total. The normalized spacial score (nSPS) is 19.0. The van der Waals surface area contributed by atoms with Crippen molar-refractivity contribution in [3.05, 3.63) is 12.4 Å². The van der Waals surface area contributed by atoms with Crippen LogP contribution in [0, 0.1) is 0 Å². The van der Waals surface area contributed by atoms with E-state index in [-0.39, 0.29) is 0 Å². The molecule has 0 aromatic carbocycles. The third kappa shape index (κ3) is 3.54. The largest absolute Gasteiger partial charge is 0.388 e. The molecule has 1 aromatic heterocycles. The maximum absolute atomic E-state index is 10.5. The number of nitrogens with one attached hydrogen (secondary N) is 2. The van der Waals surface area contributed by atoms with E-state index in [4.69, 9.17) is 5.84 Å². The van der Waals surface area contributed by atoms with Gasteiger partial charge >= 0.3 is 0 Å². The van der Waals surface area contributed by atoms with Crippen LogP contribution in [-0.2, 0) is 0 Å². The molecular weight excluding hydrogens is 230 g/mol. The summed E-state index contributed by atoms with van der Waals surface area (Å²) in [4.78, 5) is 8.03. The number of hydrogen-bond donors (Lipinski definition) is 4. The fraction of sp³-hybridized carbons (Fsp3) is 0.667. The van der Waals surface area contributed by atoms with Crippen molar-refractivity contribution in [2.45, 2.75) is 44.1 Å². The summed E-state index contributed by atoms with van der Waals surface area (Å²) in [5, 5.41) is 13.7. The first-order valence-corrected chi connectivity index (χ1v) is 6.47. The van der Waals surface area contributed by atoms with Gasteiger partial charge in [-0.1, -0.05) is 25.7 Å². The third-order valence-corrected chi connectivity index (χ3v) is 3.45. The molecule has 0 aliphatic heterocycles. The van der Waals surface area contributed by atoms with Gasteiger partial charge in [-0.3, -0.25) is 0 Å². The van der Waals surface area contributed by atoms with E-state index in [1.54, 1.807) is 6.07 Å². The Bertz CT molecular complexity index is 376. The Morgan fingerprint density at radius 1 is 1.17 bits per heavy atom. The van der Waals surface area contributed by atoms with Crippen LogP contribution in [0.1, 0.15) is 38.5 Å². The van der Waals surface area contributed by atoms with Gasteiger partial charge in [-0.25, -0.2) is 15.8 Å². The van der Waals surface area contributed by atoms with Gasteiger partial charge in [-0.15, -0.1) is 0 Å². The predicted octanol–water partition coefficient (Wildman–Crippen LogP) is 1.26. The number of nitrogen functional groups attached to an aromatic ring is 1. The minimum Gasteiger partial charge on any atom is -0.388 e. The number of nitrogens with two attached hydrogens (primary N) is 1. The summed E-state index contributed by atoms with van der Waals surface area (Å²) < 4.78 is 0. The second-order valence-electron chi connectivity index (χ2n) is 4.92. The van der Waals surface area contributed by atoms with Gasteiger partial charge in [0.25, 0.3) is 0 Å². The van der Waals surface area contributed by atoms with Gasteiger partial charge in [-0.05, 0) is 12.8 Å². The summed E-state index contributed by atoms with van der Waals surface area (Å²) in [5.41, 5.74) is 1.86. The quantitative estimate of drug-likeness (QED) is 0.365. The molecule has 6 heteroatoms. The van der Waals surface area contributed by atoms with E-state index in [1.807, 2.05) is 0 Å². The lowest BCUT2D eigenvalue weighted by Gasteiger charge is -2.27. The Kier molecular flexibility index (Phi) is 4.33. The lowest BCUT2D eigenvalue weighted by Crippen LogP contribution is -2.36. The zero-order chi connectivity index (χ0) is 12.8. The first kappa shape index (κ1) is 13.0. The SMILES string of the molecule is NNc1cc(NCC2(O)CCCCCC2)ncn1. The summed E-state index contributed by atoms with van der Waals surface area (Å²) in [5.74, 6) is 6.52. The molecule has 0 unspecified atom stereocenters. The van der Waals surface area contributed by atoms with Crippen LogP contribution in [0.4, 0.5) is 11.6 Å². The van der Waals surface area contributed by atoms with E-state index in [9.17, 15) is 5.11 Å². The van der Waals surface area contributed by atoms with Gasteiger partial charge in [0.1, 0.15) is 18.0 Å². The molecule has 2 rings (SSSR count). The molecule has 1 aromatic rings. The average molecular weight is 251 g/mol. The summed E-state index contributed by atoms with van der Waals surface area (Å²) in [6.45, 7) is 0.522. The lowest BCUT2D eigenvalue weighted by molar-refractivity contribution is 0.0380. The Labute approximate surface area is 107 Å². The zero-order valence-corrected chi connectivity index (χ0v) is 10.5. The standard InChI is InChI=1S/C12H21N5O/c13-17-11-7-10(15-9-16-11)14-8-12(18)5-3-1-2-4-6-12/h7,9,18H,1-6,8,13H2,(H2,14,15,16,17). The van der Waals surface area contributed by atoms with E-state index >= 15 is 0 Å². The molecule has 0 amide bonds. The Morgan fingerprint density at radius 2 is 1.83 bits per heavy atom. The fourth-order valence-electron chi connectivity index (χ4n) is 2.35. The van der Waals surface area contributed by atoms with Crippen molar-refractivity contribution in [3.63, 3.8) is 0 Å². The minimum absolute atomic E-state index is 0.522. The zero-order valence-electron chi connectivity index (χ0n) is 10.5. The van der Waals surface area contributed by atoms with Gasteiger partial charge < -0.3 is 15.8 Å². The van der Waals surface area contributed by atoms with E-state index in [0.29, 0.717) is 18.2 Å². The highest BCUT2D eigenvalue weighted by atomic mass is 16.3. The molecule has 5 N–H and O–H groups in total. The molecule has 0 atom stereocenters. The molecule has 0 spiro atoms. The third-order valence-electron chi connectivity index (χ3n) is 3.45. The molecule has 1 saturated carbocycles. The van der Waals surface area contributed by atoms with Gasteiger partial charge in [-0.2, -0.15) is 0 Å². The number of nitrogens with zero attached hydrogens (tertiary/aromatic N) is 2. The van der Waals surface area contributed by atoms with Crippen LogP contribution in [0.3, 0.4) is 0 Å². The molecule has 1 heterocycles. The average Bonchev–Trinajstić information content (AvgIpc) is 2.62. The van der Waals surface area contributed by atoms with Crippen LogP contribution in [-0.4, -0.2) is 27.2 Å². The van der Waals surface area contributed by atoms with E-state index in [1.165, 1.54) is 19.2 Å². The van der Waals surface area contributed by atoms with Gasteiger partial charge in [0.2, 0.25) is 0 Å². The molecule has 1 fully saturated rings. The Morgan fingerprint density at radius 3 is 2.50 bits per heavy atom. The highest BCUT2D eigenvalue weighted by molar-refractivity contribution is 5.45. The van der Waals surface area contributed by atoms with Gasteiger partial charge in [0.15, 0.2) is 0 Å². The number of rotatable bonds is 4. The van der Waals surface area contributed by atoms with Crippen molar-refractivity contribution in [1.29, 1.82) is 0 Å². The molecule has 1 aliphatic rings. The first-order chi connectivity index (χ1) is 8.72. The second-order valence-corrected chi connectivity index (χ2v) is 4.92. The molecule has 0 bridgehead atoms. The van der Waals surface area contributed by atoms with Crippen LogP contribution >= 0.6 is 0 Å².